The van der Waals surface area contributed by atoms with E-state index in [9.17, 15) is 5.11 Å². The van der Waals surface area contributed by atoms with Gasteiger partial charge in [0.15, 0.2) is 0 Å². The summed E-state index contributed by atoms with van der Waals surface area (Å²) in [5.74, 6) is 0. The average Bonchev–Trinajstić information content (AvgIpc) is 2.65. The Hall–Kier alpha value is -1.68. The van der Waals surface area contributed by atoms with Gasteiger partial charge in [0.1, 0.15) is 0 Å². The molecule has 140 valence electrons. The van der Waals surface area contributed by atoms with Crippen molar-refractivity contribution < 1.29 is 9.53 Å². The summed E-state index contributed by atoms with van der Waals surface area (Å²) in [7, 11) is -2.42. The Morgan fingerprint density at radius 3 is 1.88 bits per heavy atom. The fourth-order valence-electron chi connectivity index (χ4n) is 3.56. The minimum atomic E-state index is -2.42. The van der Waals surface area contributed by atoms with Crippen LogP contribution in [0.3, 0.4) is 0 Å². The Bertz CT molecular complexity index is 622. The standard InChI is InChI=1S/C23H32O2Si/c1-5-20(24)14-12-13-19-25-26(23(2,3)4,21-15-8-6-9-16-21)22-17-10-7-11-18-22/h5-11,15-18,20,24H,1,12-14,19H2,2-4H3/t20-/m1/s1. The summed E-state index contributed by atoms with van der Waals surface area (Å²) in [6.45, 7) is 11.2. The van der Waals surface area contributed by atoms with Crippen LogP contribution in [0, 0.1) is 0 Å². The van der Waals surface area contributed by atoms with Crippen molar-refractivity contribution in [2.75, 3.05) is 6.61 Å². The van der Waals surface area contributed by atoms with Gasteiger partial charge in [-0.2, -0.15) is 0 Å². The van der Waals surface area contributed by atoms with E-state index in [0.717, 1.165) is 19.3 Å². The van der Waals surface area contributed by atoms with Gasteiger partial charge < -0.3 is 9.53 Å². The zero-order chi connectivity index (χ0) is 19.0. The van der Waals surface area contributed by atoms with Gasteiger partial charge in [-0.15, -0.1) is 6.58 Å². The highest BCUT2D eigenvalue weighted by Crippen LogP contribution is 2.36. The van der Waals surface area contributed by atoms with E-state index in [2.05, 4.69) is 88.0 Å². The minimum Gasteiger partial charge on any atom is -0.407 e. The second-order valence-corrected chi connectivity index (χ2v) is 12.1. The van der Waals surface area contributed by atoms with Crippen LogP contribution in [0.1, 0.15) is 40.0 Å². The molecule has 0 amide bonds. The Kier molecular flexibility index (Phi) is 7.39. The maximum atomic E-state index is 9.65. The van der Waals surface area contributed by atoms with Crippen molar-refractivity contribution in [1.82, 2.24) is 0 Å². The molecule has 3 heteroatoms. The molecule has 0 heterocycles. The SMILES string of the molecule is C=C[C@@H](O)CCCCO[Si](c1ccccc1)(c1ccccc1)C(C)(C)C. The highest BCUT2D eigenvalue weighted by atomic mass is 28.4. The van der Waals surface area contributed by atoms with Crippen molar-refractivity contribution in [2.24, 2.45) is 0 Å². The monoisotopic (exact) mass is 368 g/mol. The Labute approximate surface area is 159 Å². The zero-order valence-corrected chi connectivity index (χ0v) is 17.3. The van der Waals surface area contributed by atoms with Gasteiger partial charge in [-0.1, -0.05) is 87.5 Å². The van der Waals surface area contributed by atoms with E-state index in [0.29, 0.717) is 6.61 Å². The number of aliphatic hydroxyl groups excluding tert-OH is 1. The molecule has 2 nitrogen and oxygen atoms in total. The lowest BCUT2D eigenvalue weighted by Gasteiger charge is -2.43. The van der Waals surface area contributed by atoms with Crippen molar-refractivity contribution in [3.8, 4) is 0 Å². The van der Waals surface area contributed by atoms with Crippen LogP contribution in [-0.4, -0.2) is 26.1 Å². The van der Waals surface area contributed by atoms with E-state index in [1.54, 1.807) is 6.08 Å². The fourth-order valence-corrected chi connectivity index (χ4v) is 8.17. The molecule has 2 rings (SSSR count). The van der Waals surface area contributed by atoms with Gasteiger partial charge in [0, 0.05) is 6.61 Å². The van der Waals surface area contributed by atoms with Gasteiger partial charge in [0.2, 0.25) is 0 Å². The van der Waals surface area contributed by atoms with Crippen LogP contribution < -0.4 is 10.4 Å². The number of hydrogen-bond donors (Lipinski definition) is 1. The molecular formula is C23H32O2Si. The molecule has 0 aromatic heterocycles. The molecule has 0 radical (unpaired) electrons. The molecule has 0 saturated heterocycles. The largest absolute Gasteiger partial charge is 0.407 e. The maximum Gasteiger partial charge on any atom is 0.261 e. The molecule has 1 N–H and O–H groups in total. The topological polar surface area (TPSA) is 29.5 Å². The predicted octanol–water partition coefficient (Wildman–Crippen LogP) is 4.28. The average molecular weight is 369 g/mol. The summed E-state index contributed by atoms with van der Waals surface area (Å²) in [6, 6.07) is 21.4. The van der Waals surface area contributed by atoms with Crippen molar-refractivity contribution in [1.29, 1.82) is 0 Å². The third-order valence-electron chi connectivity index (χ3n) is 4.90. The van der Waals surface area contributed by atoms with Gasteiger partial charge in [-0.05, 0) is 34.7 Å². The van der Waals surface area contributed by atoms with Crippen LogP contribution in [0.2, 0.25) is 5.04 Å². The van der Waals surface area contributed by atoms with Crippen LogP contribution >= 0.6 is 0 Å². The quantitative estimate of drug-likeness (QED) is 0.407. The fraction of sp³-hybridized carbons (Fsp3) is 0.391. The molecule has 0 spiro atoms. The number of benzene rings is 2. The molecule has 0 unspecified atom stereocenters. The van der Waals surface area contributed by atoms with Crippen molar-refractivity contribution in [2.45, 2.75) is 51.2 Å². The highest BCUT2D eigenvalue weighted by Gasteiger charge is 2.49. The highest BCUT2D eigenvalue weighted by molar-refractivity contribution is 6.99. The lowest BCUT2D eigenvalue weighted by Crippen LogP contribution is -2.66. The van der Waals surface area contributed by atoms with Gasteiger partial charge in [0.25, 0.3) is 8.32 Å². The molecule has 0 aliphatic carbocycles. The van der Waals surface area contributed by atoms with E-state index in [1.165, 1.54) is 10.4 Å². The second-order valence-electron chi connectivity index (χ2n) is 7.81. The lowest BCUT2D eigenvalue weighted by molar-refractivity contribution is 0.202. The van der Waals surface area contributed by atoms with Crippen molar-refractivity contribution >= 4 is 18.7 Å². The van der Waals surface area contributed by atoms with E-state index in [-0.39, 0.29) is 5.04 Å². The summed E-state index contributed by atoms with van der Waals surface area (Å²) >= 11 is 0. The molecule has 26 heavy (non-hydrogen) atoms. The zero-order valence-electron chi connectivity index (χ0n) is 16.3. The Morgan fingerprint density at radius 1 is 0.962 bits per heavy atom. The summed E-state index contributed by atoms with van der Waals surface area (Å²) in [5, 5.41) is 12.3. The van der Waals surface area contributed by atoms with E-state index in [4.69, 9.17) is 4.43 Å². The van der Waals surface area contributed by atoms with Gasteiger partial charge >= 0.3 is 0 Å². The molecular weight excluding hydrogens is 336 g/mol. The number of unbranched alkanes of at least 4 members (excludes halogenated alkanes) is 1. The van der Waals surface area contributed by atoms with Gasteiger partial charge in [-0.25, -0.2) is 0 Å². The van der Waals surface area contributed by atoms with Crippen LogP contribution in [-0.2, 0) is 4.43 Å². The van der Waals surface area contributed by atoms with Gasteiger partial charge in [-0.3, -0.25) is 0 Å². The minimum absolute atomic E-state index is 0.0103. The normalized spacial score (nSPS) is 13.4. The Morgan fingerprint density at radius 2 is 1.46 bits per heavy atom. The lowest BCUT2D eigenvalue weighted by atomic mass is 10.1. The van der Waals surface area contributed by atoms with Crippen LogP contribution in [0.5, 0.6) is 0 Å². The smallest absolute Gasteiger partial charge is 0.261 e. The summed E-state index contributed by atoms with van der Waals surface area (Å²) in [4.78, 5) is 0. The van der Waals surface area contributed by atoms with Crippen LogP contribution in [0.25, 0.3) is 0 Å². The third-order valence-corrected chi connectivity index (χ3v) is 9.94. The molecule has 0 aliphatic rings. The van der Waals surface area contributed by atoms with Crippen molar-refractivity contribution in [3.05, 3.63) is 73.3 Å². The van der Waals surface area contributed by atoms with E-state index in [1.807, 2.05) is 0 Å². The number of aliphatic hydroxyl groups is 1. The molecule has 0 aliphatic heterocycles. The molecule has 2 aromatic carbocycles. The van der Waals surface area contributed by atoms with E-state index >= 15 is 0 Å². The van der Waals surface area contributed by atoms with Gasteiger partial charge in [0.05, 0.1) is 6.10 Å². The first-order chi connectivity index (χ1) is 12.4. The number of hydrogen-bond acceptors (Lipinski definition) is 2. The predicted molar refractivity (Wildman–Crippen MR) is 114 cm³/mol. The Balaban J connectivity index is 2.30. The maximum absolute atomic E-state index is 9.65. The summed E-state index contributed by atoms with van der Waals surface area (Å²) < 4.78 is 6.81. The van der Waals surface area contributed by atoms with Crippen LogP contribution in [0.4, 0.5) is 0 Å². The van der Waals surface area contributed by atoms with E-state index < -0.39 is 14.4 Å². The van der Waals surface area contributed by atoms with Crippen LogP contribution in [0.15, 0.2) is 73.3 Å². The summed E-state index contributed by atoms with van der Waals surface area (Å²) in [5.41, 5.74) is 0. The second kappa shape index (κ2) is 9.31. The van der Waals surface area contributed by atoms with Crippen molar-refractivity contribution in [3.63, 3.8) is 0 Å². The number of rotatable bonds is 9. The molecule has 0 fully saturated rings. The third kappa shape index (κ3) is 4.73. The molecule has 2 aromatic rings. The first-order valence-electron chi connectivity index (χ1n) is 9.47. The first-order valence-corrected chi connectivity index (χ1v) is 11.4. The molecule has 0 saturated carbocycles. The summed E-state index contributed by atoms with van der Waals surface area (Å²) in [6.07, 6.45) is 3.81. The molecule has 0 bridgehead atoms. The first kappa shape index (κ1) is 20.6. The molecule has 1 atom stereocenters.